The first-order valence-electron chi connectivity index (χ1n) is 6.17. The standard InChI is InChI=1S/C16H13ClO/c17-15-6-2-1-5-13(15)12-8-9-14-11(10-12)4-3-7-16(14)18/h1-2,5-6,8-10H,3-4,7H2. The van der Waals surface area contributed by atoms with Gasteiger partial charge in [0, 0.05) is 22.6 Å². The van der Waals surface area contributed by atoms with E-state index in [9.17, 15) is 4.79 Å². The Morgan fingerprint density at radius 1 is 0.944 bits per heavy atom. The molecule has 90 valence electrons. The van der Waals surface area contributed by atoms with Crippen molar-refractivity contribution in [2.45, 2.75) is 19.3 Å². The Kier molecular flexibility index (Phi) is 2.92. The predicted octanol–water partition coefficient (Wildman–Crippen LogP) is 4.53. The highest BCUT2D eigenvalue weighted by atomic mass is 35.5. The third-order valence-electron chi connectivity index (χ3n) is 3.44. The summed E-state index contributed by atoms with van der Waals surface area (Å²) in [5, 5.41) is 0.750. The number of fused-ring (bicyclic) bond motifs is 1. The van der Waals surface area contributed by atoms with E-state index in [1.54, 1.807) is 0 Å². The molecule has 0 aromatic heterocycles. The minimum absolute atomic E-state index is 0.266. The molecule has 0 bridgehead atoms. The van der Waals surface area contributed by atoms with Gasteiger partial charge in [0.2, 0.25) is 0 Å². The lowest BCUT2D eigenvalue weighted by atomic mass is 9.88. The van der Waals surface area contributed by atoms with Gasteiger partial charge in [-0.15, -0.1) is 0 Å². The summed E-state index contributed by atoms with van der Waals surface area (Å²) in [5.41, 5.74) is 4.16. The number of halogens is 1. The van der Waals surface area contributed by atoms with Gasteiger partial charge in [-0.25, -0.2) is 0 Å². The van der Waals surface area contributed by atoms with E-state index in [2.05, 4.69) is 6.07 Å². The average Bonchev–Trinajstić information content (AvgIpc) is 2.39. The number of benzene rings is 2. The molecule has 1 nitrogen and oxygen atoms in total. The van der Waals surface area contributed by atoms with E-state index in [1.165, 1.54) is 0 Å². The average molecular weight is 257 g/mol. The number of ketones is 1. The molecule has 2 aromatic carbocycles. The number of hydrogen-bond donors (Lipinski definition) is 0. The van der Waals surface area contributed by atoms with E-state index in [0.29, 0.717) is 6.42 Å². The van der Waals surface area contributed by atoms with Crippen molar-refractivity contribution in [1.29, 1.82) is 0 Å². The maximum absolute atomic E-state index is 11.8. The summed E-state index contributed by atoms with van der Waals surface area (Å²) in [6.07, 6.45) is 2.62. The molecule has 0 heterocycles. The number of rotatable bonds is 1. The zero-order valence-electron chi connectivity index (χ0n) is 9.95. The minimum Gasteiger partial charge on any atom is -0.294 e. The molecule has 0 saturated carbocycles. The molecule has 0 atom stereocenters. The van der Waals surface area contributed by atoms with Gasteiger partial charge in [-0.1, -0.05) is 48.0 Å². The van der Waals surface area contributed by atoms with Crippen molar-refractivity contribution >= 4 is 17.4 Å². The van der Waals surface area contributed by atoms with Gasteiger partial charge in [-0.05, 0) is 30.0 Å². The summed E-state index contributed by atoms with van der Waals surface area (Å²) in [4.78, 5) is 11.8. The molecule has 0 saturated heterocycles. The molecule has 0 radical (unpaired) electrons. The molecule has 0 aliphatic heterocycles. The van der Waals surface area contributed by atoms with E-state index in [1.807, 2.05) is 36.4 Å². The fourth-order valence-electron chi connectivity index (χ4n) is 2.51. The van der Waals surface area contributed by atoms with Gasteiger partial charge < -0.3 is 0 Å². The molecular weight excluding hydrogens is 244 g/mol. The predicted molar refractivity (Wildman–Crippen MR) is 74.2 cm³/mol. The molecule has 1 aliphatic carbocycles. The Labute approximate surface area is 111 Å². The van der Waals surface area contributed by atoms with Crippen LogP contribution in [0.15, 0.2) is 42.5 Å². The zero-order chi connectivity index (χ0) is 12.5. The Morgan fingerprint density at radius 2 is 1.78 bits per heavy atom. The van der Waals surface area contributed by atoms with Crippen molar-refractivity contribution in [1.82, 2.24) is 0 Å². The first kappa shape index (κ1) is 11.5. The molecule has 2 heteroatoms. The van der Waals surface area contributed by atoms with Gasteiger partial charge in [0.1, 0.15) is 0 Å². The second kappa shape index (κ2) is 4.58. The highest BCUT2D eigenvalue weighted by Gasteiger charge is 2.17. The SMILES string of the molecule is O=C1CCCc2cc(-c3ccccc3Cl)ccc21. The van der Waals surface area contributed by atoms with Gasteiger partial charge in [0.15, 0.2) is 5.78 Å². The van der Waals surface area contributed by atoms with Crippen LogP contribution in [0.5, 0.6) is 0 Å². The highest BCUT2D eigenvalue weighted by molar-refractivity contribution is 6.33. The van der Waals surface area contributed by atoms with Gasteiger partial charge in [0.25, 0.3) is 0 Å². The Hall–Kier alpha value is -1.60. The number of aryl methyl sites for hydroxylation is 1. The van der Waals surface area contributed by atoms with E-state index >= 15 is 0 Å². The van der Waals surface area contributed by atoms with E-state index in [4.69, 9.17) is 11.6 Å². The fourth-order valence-corrected chi connectivity index (χ4v) is 2.75. The Morgan fingerprint density at radius 3 is 2.61 bits per heavy atom. The van der Waals surface area contributed by atoms with Crippen LogP contribution >= 0.6 is 11.6 Å². The van der Waals surface area contributed by atoms with E-state index in [0.717, 1.165) is 40.1 Å². The molecule has 0 amide bonds. The normalized spacial score (nSPS) is 14.4. The second-order valence-corrected chi connectivity index (χ2v) is 5.04. The van der Waals surface area contributed by atoms with Crippen molar-refractivity contribution in [2.24, 2.45) is 0 Å². The summed E-state index contributed by atoms with van der Waals surface area (Å²) < 4.78 is 0. The highest BCUT2D eigenvalue weighted by Crippen LogP contribution is 2.31. The van der Waals surface area contributed by atoms with Crippen LogP contribution in [0.25, 0.3) is 11.1 Å². The molecular formula is C16H13ClO. The van der Waals surface area contributed by atoms with Crippen molar-refractivity contribution in [3.8, 4) is 11.1 Å². The quantitative estimate of drug-likeness (QED) is 0.733. The molecule has 0 spiro atoms. The molecule has 0 N–H and O–H groups in total. The van der Waals surface area contributed by atoms with Crippen LogP contribution in [0.4, 0.5) is 0 Å². The Bertz CT molecular complexity index is 616. The topological polar surface area (TPSA) is 17.1 Å². The third kappa shape index (κ3) is 1.95. The smallest absolute Gasteiger partial charge is 0.163 e. The summed E-state index contributed by atoms with van der Waals surface area (Å²) in [6.45, 7) is 0. The summed E-state index contributed by atoms with van der Waals surface area (Å²) in [7, 11) is 0. The first-order valence-corrected chi connectivity index (χ1v) is 6.54. The lowest BCUT2D eigenvalue weighted by Crippen LogP contribution is -2.10. The fraction of sp³-hybridized carbons (Fsp3) is 0.188. The van der Waals surface area contributed by atoms with Gasteiger partial charge in [-0.3, -0.25) is 4.79 Å². The number of Topliss-reactive ketones (excluding diaryl/α,β-unsaturated/α-hetero) is 1. The van der Waals surface area contributed by atoms with Crippen LogP contribution in [0, 0.1) is 0 Å². The van der Waals surface area contributed by atoms with Crippen LogP contribution < -0.4 is 0 Å². The van der Waals surface area contributed by atoms with Crippen LogP contribution in [0.2, 0.25) is 5.02 Å². The molecule has 0 fully saturated rings. The van der Waals surface area contributed by atoms with Gasteiger partial charge in [0.05, 0.1) is 0 Å². The number of hydrogen-bond acceptors (Lipinski definition) is 1. The van der Waals surface area contributed by atoms with E-state index < -0.39 is 0 Å². The lowest BCUT2D eigenvalue weighted by Gasteiger charge is -2.16. The largest absolute Gasteiger partial charge is 0.294 e. The molecule has 0 unspecified atom stereocenters. The first-order chi connectivity index (χ1) is 8.75. The number of carbonyl (C=O) groups excluding carboxylic acids is 1. The summed E-state index contributed by atoms with van der Waals surface area (Å²) in [5.74, 6) is 0.266. The van der Waals surface area contributed by atoms with Crippen molar-refractivity contribution in [3.63, 3.8) is 0 Å². The van der Waals surface area contributed by atoms with Crippen LogP contribution in [-0.2, 0) is 6.42 Å². The lowest BCUT2D eigenvalue weighted by molar-refractivity contribution is 0.0972. The third-order valence-corrected chi connectivity index (χ3v) is 3.77. The maximum Gasteiger partial charge on any atom is 0.163 e. The zero-order valence-corrected chi connectivity index (χ0v) is 10.7. The van der Waals surface area contributed by atoms with Crippen molar-refractivity contribution < 1.29 is 4.79 Å². The molecule has 1 aliphatic rings. The summed E-state index contributed by atoms with van der Waals surface area (Å²) >= 11 is 6.20. The maximum atomic E-state index is 11.8. The van der Waals surface area contributed by atoms with Crippen molar-refractivity contribution in [2.75, 3.05) is 0 Å². The van der Waals surface area contributed by atoms with Crippen molar-refractivity contribution in [3.05, 3.63) is 58.6 Å². The molecule has 18 heavy (non-hydrogen) atoms. The van der Waals surface area contributed by atoms with Gasteiger partial charge in [-0.2, -0.15) is 0 Å². The van der Waals surface area contributed by atoms with Crippen LogP contribution in [0.1, 0.15) is 28.8 Å². The summed E-state index contributed by atoms with van der Waals surface area (Å²) in [6, 6.07) is 13.8. The Balaban J connectivity index is 2.10. The monoisotopic (exact) mass is 256 g/mol. The van der Waals surface area contributed by atoms with E-state index in [-0.39, 0.29) is 5.78 Å². The second-order valence-electron chi connectivity index (χ2n) is 4.63. The minimum atomic E-state index is 0.266. The molecule has 2 aromatic rings. The van der Waals surface area contributed by atoms with Gasteiger partial charge >= 0.3 is 0 Å². The number of carbonyl (C=O) groups is 1. The van der Waals surface area contributed by atoms with Crippen LogP contribution in [-0.4, -0.2) is 5.78 Å². The van der Waals surface area contributed by atoms with Crippen LogP contribution in [0.3, 0.4) is 0 Å². The molecule has 3 rings (SSSR count).